The third-order valence-electron chi connectivity index (χ3n) is 3.99. The third-order valence-corrected chi connectivity index (χ3v) is 4.94. The lowest BCUT2D eigenvalue weighted by Gasteiger charge is -2.13. The Bertz CT molecular complexity index is 780. The molecule has 9 heteroatoms. The molecule has 0 bridgehead atoms. The van der Waals surface area contributed by atoms with E-state index in [-0.39, 0.29) is 17.8 Å². The number of nitrogens with one attached hydrogen (secondary N) is 1. The molecule has 26 heavy (non-hydrogen) atoms. The zero-order valence-electron chi connectivity index (χ0n) is 15.2. The molecule has 1 N–H and O–H groups in total. The van der Waals surface area contributed by atoms with Crippen LogP contribution in [-0.2, 0) is 24.3 Å². The first-order valence-electron chi connectivity index (χ1n) is 8.71. The number of aryl methyl sites for hydroxylation is 1. The molecular weight excluding hydrogens is 354 g/mol. The number of thioether (sulfide) groups is 1. The maximum atomic E-state index is 12.2. The number of rotatable bonds is 8. The number of aromatic nitrogens is 4. The minimum Gasteiger partial charge on any atom is -0.494 e. The van der Waals surface area contributed by atoms with Gasteiger partial charge in [0.15, 0.2) is 0 Å². The van der Waals surface area contributed by atoms with Gasteiger partial charge in [-0.1, -0.05) is 11.8 Å². The second-order valence-corrected chi connectivity index (χ2v) is 6.92. The van der Waals surface area contributed by atoms with Crippen LogP contribution in [0.3, 0.4) is 0 Å². The van der Waals surface area contributed by atoms with E-state index in [0.717, 1.165) is 29.0 Å². The van der Waals surface area contributed by atoms with Crippen molar-refractivity contribution in [3.05, 3.63) is 23.3 Å². The topological polar surface area (TPSA) is 91.2 Å². The number of hydrogen-bond acceptors (Lipinski definition) is 7. The van der Waals surface area contributed by atoms with Crippen LogP contribution < -0.4 is 14.8 Å². The smallest absolute Gasteiger partial charge is 0.230 e. The summed E-state index contributed by atoms with van der Waals surface area (Å²) in [5.41, 5.74) is 2.06. The lowest BCUT2D eigenvalue weighted by molar-refractivity contribution is -0.118. The van der Waals surface area contributed by atoms with E-state index in [1.807, 2.05) is 32.9 Å². The van der Waals surface area contributed by atoms with Crippen LogP contribution in [0.25, 0.3) is 0 Å². The number of nitrogens with zero attached hydrogens (tertiary/aromatic N) is 4. The maximum absolute atomic E-state index is 12.2. The summed E-state index contributed by atoms with van der Waals surface area (Å²) in [6.45, 7) is 7.57. The van der Waals surface area contributed by atoms with Gasteiger partial charge in [0.05, 0.1) is 12.4 Å². The average molecular weight is 377 g/mol. The van der Waals surface area contributed by atoms with Gasteiger partial charge in [0.1, 0.15) is 17.6 Å². The number of carbonyl (C=O) groups excluding carboxylic acids is 1. The molecule has 1 aromatic heterocycles. The minimum absolute atomic E-state index is 0.0853. The molecular formula is C17H23N5O3S. The van der Waals surface area contributed by atoms with Crippen molar-refractivity contribution >= 4 is 17.7 Å². The number of benzene rings is 1. The Morgan fingerprint density at radius 2 is 2.31 bits per heavy atom. The molecule has 140 valence electrons. The molecule has 3 rings (SSSR count). The first-order valence-corrected chi connectivity index (χ1v) is 9.70. The highest BCUT2D eigenvalue weighted by atomic mass is 32.2. The highest BCUT2D eigenvalue weighted by molar-refractivity contribution is 7.99. The Morgan fingerprint density at radius 3 is 3.08 bits per heavy atom. The van der Waals surface area contributed by atoms with Gasteiger partial charge in [-0.3, -0.25) is 4.79 Å². The predicted molar refractivity (Wildman–Crippen MR) is 97.5 cm³/mol. The van der Waals surface area contributed by atoms with Gasteiger partial charge in [0.2, 0.25) is 11.1 Å². The Balaban J connectivity index is 1.60. The van der Waals surface area contributed by atoms with E-state index in [0.29, 0.717) is 24.9 Å². The number of tetrazole rings is 1. The second-order valence-electron chi connectivity index (χ2n) is 5.98. The molecule has 0 saturated heterocycles. The normalized spacial score (nSPS) is 15.4. The lowest BCUT2D eigenvalue weighted by Crippen LogP contribution is -2.25. The largest absolute Gasteiger partial charge is 0.494 e. The van der Waals surface area contributed by atoms with Crippen molar-refractivity contribution in [2.45, 2.75) is 51.5 Å². The van der Waals surface area contributed by atoms with Gasteiger partial charge in [0.25, 0.3) is 0 Å². The Morgan fingerprint density at radius 1 is 1.46 bits per heavy atom. The summed E-state index contributed by atoms with van der Waals surface area (Å²) in [7, 11) is 0. The van der Waals surface area contributed by atoms with Crippen LogP contribution in [0.4, 0.5) is 0 Å². The van der Waals surface area contributed by atoms with Crippen molar-refractivity contribution in [2.75, 3.05) is 12.4 Å². The van der Waals surface area contributed by atoms with Crippen molar-refractivity contribution < 1.29 is 14.3 Å². The molecule has 1 aliphatic rings. The highest BCUT2D eigenvalue weighted by Crippen LogP contribution is 2.35. The van der Waals surface area contributed by atoms with E-state index in [9.17, 15) is 4.79 Å². The summed E-state index contributed by atoms with van der Waals surface area (Å²) in [5.74, 6) is 1.84. The van der Waals surface area contributed by atoms with E-state index in [4.69, 9.17) is 9.47 Å². The first-order chi connectivity index (χ1) is 12.6. The maximum Gasteiger partial charge on any atom is 0.230 e. The molecule has 0 saturated carbocycles. The molecule has 1 aromatic carbocycles. The first kappa shape index (κ1) is 18.5. The standard InChI is InChI=1S/C17H23N5O3S/c1-4-22-17(19-20-21-22)26-10-16(23)18-9-13-8-15-12(6-11(3)25-15)7-14(13)24-5-2/h7-8,11H,4-6,9-10H2,1-3H3,(H,18,23). The molecule has 2 aromatic rings. The molecule has 0 spiro atoms. The fourth-order valence-corrected chi connectivity index (χ4v) is 3.55. The summed E-state index contributed by atoms with van der Waals surface area (Å²) >= 11 is 1.32. The van der Waals surface area contributed by atoms with Crippen LogP contribution >= 0.6 is 11.8 Å². The number of ether oxygens (including phenoxy) is 2. The summed E-state index contributed by atoms with van der Waals surface area (Å²) in [5, 5.41) is 14.9. The molecule has 8 nitrogen and oxygen atoms in total. The van der Waals surface area contributed by atoms with Crippen molar-refractivity contribution in [1.29, 1.82) is 0 Å². The SMILES string of the molecule is CCOc1cc2c(cc1CNC(=O)CSc1nnnn1CC)OC(C)C2. The fraction of sp³-hybridized carbons (Fsp3) is 0.529. The second kappa shape index (κ2) is 8.39. The van der Waals surface area contributed by atoms with Gasteiger partial charge in [-0.25, -0.2) is 4.68 Å². The lowest BCUT2D eigenvalue weighted by atomic mass is 10.1. The van der Waals surface area contributed by atoms with E-state index in [2.05, 4.69) is 20.8 Å². The molecule has 1 unspecified atom stereocenters. The Kier molecular flexibility index (Phi) is 5.97. The summed E-state index contributed by atoms with van der Waals surface area (Å²) in [6, 6.07) is 3.99. The summed E-state index contributed by atoms with van der Waals surface area (Å²) in [6.07, 6.45) is 1.05. The molecule has 1 amide bonds. The van der Waals surface area contributed by atoms with Gasteiger partial charge in [-0.2, -0.15) is 0 Å². The molecule has 0 fully saturated rings. The fourth-order valence-electron chi connectivity index (χ4n) is 2.78. The third kappa shape index (κ3) is 4.27. The van der Waals surface area contributed by atoms with Gasteiger partial charge in [0, 0.05) is 30.6 Å². The van der Waals surface area contributed by atoms with Crippen molar-refractivity contribution in [3.63, 3.8) is 0 Å². The molecule has 1 atom stereocenters. The van der Waals surface area contributed by atoms with Crippen LogP contribution in [0, 0.1) is 0 Å². The summed E-state index contributed by atoms with van der Waals surface area (Å²) in [4.78, 5) is 12.2. The Labute approximate surface area is 156 Å². The molecule has 1 aliphatic heterocycles. The van der Waals surface area contributed by atoms with Gasteiger partial charge in [-0.15, -0.1) is 5.10 Å². The van der Waals surface area contributed by atoms with E-state index in [1.54, 1.807) is 4.68 Å². The van der Waals surface area contributed by atoms with Crippen molar-refractivity contribution in [3.8, 4) is 11.5 Å². The van der Waals surface area contributed by atoms with Crippen molar-refractivity contribution in [1.82, 2.24) is 25.5 Å². The van der Waals surface area contributed by atoms with Crippen LogP contribution in [-0.4, -0.2) is 44.6 Å². The molecule has 0 aliphatic carbocycles. The zero-order valence-corrected chi connectivity index (χ0v) is 16.0. The quantitative estimate of drug-likeness (QED) is 0.702. The summed E-state index contributed by atoms with van der Waals surface area (Å²) < 4.78 is 13.2. The van der Waals surface area contributed by atoms with Crippen LogP contribution in [0.1, 0.15) is 31.9 Å². The molecule has 2 heterocycles. The van der Waals surface area contributed by atoms with E-state index in [1.165, 1.54) is 11.8 Å². The van der Waals surface area contributed by atoms with E-state index < -0.39 is 0 Å². The minimum atomic E-state index is -0.0853. The number of amides is 1. The van der Waals surface area contributed by atoms with Gasteiger partial charge >= 0.3 is 0 Å². The highest BCUT2D eigenvalue weighted by Gasteiger charge is 2.22. The van der Waals surface area contributed by atoms with Gasteiger partial charge in [-0.05, 0) is 43.3 Å². The number of fused-ring (bicyclic) bond motifs is 1. The average Bonchev–Trinajstić information content (AvgIpc) is 3.22. The predicted octanol–water partition coefficient (Wildman–Crippen LogP) is 1.82. The van der Waals surface area contributed by atoms with Crippen LogP contribution in [0.5, 0.6) is 11.5 Å². The monoisotopic (exact) mass is 377 g/mol. The van der Waals surface area contributed by atoms with E-state index >= 15 is 0 Å². The van der Waals surface area contributed by atoms with Crippen molar-refractivity contribution in [2.24, 2.45) is 0 Å². The van der Waals surface area contributed by atoms with Crippen LogP contribution in [0.15, 0.2) is 17.3 Å². The van der Waals surface area contributed by atoms with Gasteiger partial charge < -0.3 is 14.8 Å². The number of hydrogen-bond donors (Lipinski definition) is 1. The number of carbonyl (C=O) groups is 1. The molecule has 0 radical (unpaired) electrons. The van der Waals surface area contributed by atoms with Crippen LogP contribution in [0.2, 0.25) is 0 Å². The Hall–Kier alpha value is -2.29. The zero-order chi connectivity index (χ0) is 18.5.